The van der Waals surface area contributed by atoms with Crippen LogP contribution in [0.15, 0.2) is 182 Å². The third-order valence-electron chi connectivity index (χ3n) is 13.5. The Labute approximate surface area is 589 Å². The van der Waals surface area contributed by atoms with E-state index in [1.165, 1.54) is 27.7 Å². The number of esters is 10. The summed E-state index contributed by atoms with van der Waals surface area (Å²) < 4.78 is 62.3. The lowest BCUT2D eigenvalue weighted by Crippen LogP contribution is -2.44. The molecule has 2 rings (SSSR count). The number of carbonyl (C=O) groups is 11. The second-order valence-corrected chi connectivity index (χ2v) is 24.2. The molecule has 0 saturated carbocycles. The van der Waals surface area contributed by atoms with Crippen molar-refractivity contribution in [3.05, 3.63) is 193 Å². The molecule has 0 spiro atoms. The summed E-state index contributed by atoms with van der Waals surface area (Å²) in [6.07, 6.45) is 1.09. The Balaban J connectivity index is 0. The molecule has 0 unspecified atom stereocenters. The van der Waals surface area contributed by atoms with Crippen molar-refractivity contribution in [3.63, 3.8) is 0 Å². The maximum atomic E-state index is 11.8. The number of carbonyl (C=O) groups excluding carboxylic acids is 11. The van der Waals surface area contributed by atoms with Gasteiger partial charge in [0.25, 0.3) is 0 Å². The van der Waals surface area contributed by atoms with E-state index in [-0.39, 0.29) is 130 Å². The monoisotopic (exact) mass is 1390 g/mol. The van der Waals surface area contributed by atoms with Gasteiger partial charge >= 0.3 is 59.7 Å². The lowest BCUT2D eigenvalue weighted by atomic mass is 9.78. The lowest BCUT2D eigenvalue weighted by Gasteiger charge is -2.31. The Bertz CT molecular complexity index is 3090. The summed E-state index contributed by atoms with van der Waals surface area (Å²) in [5.74, 6) is -4.37. The van der Waals surface area contributed by atoms with Crippen molar-refractivity contribution in [2.45, 2.75) is 122 Å². The number of ketones is 1. The molecule has 0 amide bonds. The molecule has 0 radical (unpaired) electrons. The van der Waals surface area contributed by atoms with Gasteiger partial charge in [-0.2, -0.15) is 0 Å². The van der Waals surface area contributed by atoms with Gasteiger partial charge in [0.15, 0.2) is 5.78 Å². The standard InChI is InChI=1S/C27H32O6.C21H28O8.C19H28O6.C10H14O3/c1-19(2)25(28)32-17-15-30-23-11-7-21(8-12-23)27(5,6)22-9-13-24(14-10-22)31-16-18-33-26(29)20(3)4;1-13(2)17(22)26-9-21(10-27-18(23)14(3)4,11-28-19(24)15(5)6)12-29-20(25)16(7)8;1-8-19(11-24-17(21)14(4)5,12-25-18(22)15(6)7)9-10-23-16(20)13(2)3;1-7(2)9(11)5-6-13-10(12)8(3)4/h7-14H,1,3,15-18H2,2,4-6H3;1,3,5,7,9-12H2,2,4,6,8H3;2,4,6,8-12H2,1,3,5,7H3;1,3,5-6H2,2,4H3. The summed E-state index contributed by atoms with van der Waals surface area (Å²) in [5.41, 5.74) is 2.92. The average molecular weight is 1400 g/mol. The van der Waals surface area contributed by atoms with Crippen molar-refractivity contribution < 1.29 is 110 Å². The van der Waals surface area contributed by atoms with Crippen LogP contribution in [0, 0.1) is 10.8 Å². The first-order valence-corrected chi connectivity index (χ1v) is 31.3. The molecule has 23 heteroatoms. The van der Waals surface area contributed by atoms with Crippen LogP contribution in [0.25, 0.3) is 0 Å². The van der Waals surface area contributed by atoms with Crippen LogP contribution in [-0.4, -0.2) is 145 Å². The van der Waals surface area contributed by atoms with Gasteiger partial charge < -0.3 is 56.8 Å². The summed E-state index contributed by atoms with van der Waals surface area (Å²) >= 11 is 0. The molecular weight excluding hydrogens is 1290 g/mol. The third kappa shape index (κ3) is 37.9. The minimum absolute atomic E-state index is 0.0171. The van der Waals surface area contributed by atoms with E-state index in [0.717, 1.165) is 11.1 Å². The van der Waals surface area contributed by atoms with Gasteiger partial charge in [-0.05, 0) is 130 Å². The number of rotatable bonds is 40. The van der Waals surface area contributed by atoms with Crippen LogP contribution >= 0.6 is 0 Å². The van der Waals surface area contributed by atoms with Gasteiger partial charge in [-0.15, -0.1) is 0 Å². The topological polar surface area (TPSA) is 299 Å². The van der Waals surface area contributed by atoms with Crippen LogP contribution < -0.4 is 9.47 Å². The molecule has 0 fully saturated rings. The zero-order valence-electron chi connectivity index (χ0n) is 60.9. The molecule has 0 aliphatic rings. The summed E-state index contributed by atoms with van der Waals surface area (Å²) in [6, 6.07) is 15.7. The Morgan fingerprint density at radius 2 is 0.510 bits per heavy atom. The lowest BCUT2D eigenvalue weighted by molar-refractivity contribution is -0.166. The molecule has 0 atom stereocenters. The minimum atomic E-state index is -1.37. The van der Waals surface area contributed by atoms with Crippen molar-refractivity contribution in [1.82, 2.24) is 0 Å². The predicted octanol–water partition coefficient (Wildman–Crippen LogP) is 12.2. The normalized spacial score (nSPS) is 10.4. The van der Waals surface area contributed by atoms with E-state index in [1.54, 1.807) is 48.5 Å². The summed E-state index contributed by atoms with van der Waals surface area (Å²) in [4.78, 5) is 127. The van der Waals surface area contributed by atoms with Crippen LogP contribution in [0.4, 0.5) is 0 Å². The van der Waals surface area contributed by atoms with Crippen molar-refractivity contribution in [1.29, 1.82) is 0 Å². The van der Waals surface area contributed by atoms with E-state index in [2.05, 4.69) is 86.2 Å². The molecule has 2 aromatic carbocycles. The van der Waals surface area contributed by atoms with Crippen LogP contribution in [-0.2, 0) is 106 Å². The Morgan fingerprint density at radius 3 is 0.740 bits per heavy atom. The highest BCUT2D eigenvalue weighted by Crippen LogP contribution is 2.34. The fourth-order valence-electron chi connectivity index (χ4n) is 6.86. The number of allylic oxidation sites excluding steroid dienone is 1. The highest BCUT2D eigenvalue weighted by atomic mass is 16.6. The second kappa shape index (κ2) is 46.7. The Kier molecular flexibility index (Phi) is 42.8. The number of hydrogen-bond acceptors (Lipinski definition) is 23. The molecule has 0 bridgehead atoms. The number of hydrogen-bond donors (Lipinski definition) is 0. The van der Waals surface area contributed by atoms with Gasteiger partial charge in [-0.1, -0.05) is 117 Å². The molecule has 23 nitrogen and oxygen atoms in total. The van der Waals surface area contributed by atoms with Crippen LogP contribution in [0.2, 0.25) is 0 Å². The predicted molar refractivity (Wildman–Crippen MR) is 378 cm³/mol. The van der Waals surface area contributed by atoms with Crippen molar-refractivity contribution in [2.24, 2.45) is 10.8 Å². The molecule has 0 aliphatic carbocycles. The highest BCUT2D eigenvalue weighted by molar-refractivity contribution is 5.95. The fourth-order valence-corrected chi connectivity index (χ4v) is 6.86. The summed E-state index contributed by atoms with van der Waals surface area (Å²) in [5, 5.41) is 0. The van der Waals surface area contributed by atoms with Crippen LogP contribution in [0.3, 0.4) is 0 Å². The molecule has 548 valence electrons. The molecule has 100 heavy (non-hydrogen) atoms. The minimum Gasteiger partial charge on any atom is -0.490 e. The van der Waals surface area contributed by atoms with Gasteiger partial charge in [-0.3, -0.25) is 4.79 Å². The van der Waals surface area contributed by atoms with Gasteiger partial charge in [0.2, 0.25) is 0 Å². The van der Waals surface area contributed by atoms with Crippen molar-refractivity contribution in [3.8, 4) is 11.5 Å². The van der Waals surface area contributed by atoms with Crippen LogP contribution in [0.5, 0.6) is 11.5 Å². The molecule has 0 aliphatic heterocycles. The fraction of sp³-hybridized carbons (Fsp3) is 0.416. The SMILES string of the molecule is C=C(C)C(=O)CCOC(=O)C(=C)C.C=C(C)C(=O)OCC(COC(=O)C(=C)C)(COC(=O)C(=C)C)COC(=O)C(=C)C.C=C(C)C(=O)OCCC(CC)(COC(=O)C(=C)C)COC(=O)C(=C)C.C=C(C)C(=O)OCCOc1ccc(C(C)(C)c2ccc(OCCOC(=O)C(=C)C)cc2)cc1. The zero-order chi connectivity index (χ0) is 77.3. The Hall–Kier alpha value is -10.5. The van der Waals surface area contributed by atoms with Gasteiger partial charge in [0.05, 0.1) is 13.2 Å². The third-order valence-corrected chi connectivity index (χ3v) is 13.5. The van der Waals surface area contributed by atoms with E-state index in [0.29, 0.717) is 52.2 Å². The number of ether oxygens (including phenoxy) is 12. The molecule has 2 aromatic rings. The molecule has 0 aromatic heterocycles. The van der Waals surface area contributed by atoms with Gasteiger partial charge in [-0.25, -0.2) is 47.9 Å². The second-order valence-electron chi connectivity index (χ2n) is 24.2. The van der Waals surface area contributed by atoms with Crippen LogP contribution in [0.1, 0.15) is 127 Å². The molecular formula is C77H102O23. The number of Topliss-reactive ketones (excluding diaryl/α,β-unsaturated/α-hetero) is 1. The highest BCUT2D eigenvalue weighted by Gasteiger charge is 2.39. The maximum absolute atomic E-state index is 11.8. The van der Waals surface area contributed by atoms with Crippen molar-refractivity contribution in [2.75, 3.05) is 79.3 Å². The van der Waals surface area contributed by atoms with Gasteiger partial charge in [0, 0.05) is 73.0 Å². The van der Waals surface area contributed by atoms with Crippen molar-refractivity contribution >= 4 is 65.5 Å². The summed E-state index contributed by atoms with van der Waals surface area (Å²) in [6.45, 7) is 61.1. The first kappa shape index (κ1) is 91.6. The Morgan fingerprint density at radius 1 is 0.290 bits per heavy atom. The smallest absolute Gasteiger partial charge is 0.333 e. The van der Waals surface area contributed by atoms with E-state index >= 15 is 0 Å². The quantitative estimate of drug-likeness (QED) is 0.0259. The largest absolute Gasteiger partial charge is 0.490 e. The van der Waals surface area contributed by atoms with E-state index in [1.807, 2.05) is 55.5 Å². The number of benzene rings is 2. The molecule has 0 saturated heterocycles. The summed E-state index contributed by atoms with van der Waals surface area (Å²) in [7, 11) is 0. The average Bonchev–Trinajstić information content (AvgIpc) is 0.809. The first-order valence-electron chi connectivity index (χ1n) is 31.3. The molecule has 0 N–H and O–H groups in total. The zero-order valence-corrected chi connectivity index (χ0v) is 60.9. The van der Waals surface area contributed by atoms with E-state index in [9.17, 15) is 52.7 Å². The van der Waals surface area contributed by atoms with E-state index in [4.69, 9.17) is 56.8 Å². The maximum Gasteiger partial charge on any atom is 0.333 e. The van der Waals surface area contributed by atoms with E-state index < -0.39 is 70.5 Å². The molecule has 0 heterocycles. The first-order chi connectivity index (χ1) is 46.4. The van der Waals surface area contributed by atoms with Gasteiger partial charge in [0.1, 0.15) is 83.0 Å².